The van der Waals surface area contributed by atoms with Gasteiger partial charge in [0.05, 0.1) is 15.2 Å². The van der Waals surface area contributed by atoms with Crippen molar-refractivity contribution in [1.82, 2.24) is 10.3 Å². The molecule has 0 spiro atoms. The number of nitrogens with one attached hydrogen (secondary N) is 1. The molecule has 1 amide bonds. The van der Waals surface area contributed by atoms with Gasteiger partial charge in [-0.3, -0.25) is 4.79 Å². The second-order valence-corrected chi connectivity index (χ2v) is 8.35. The molecule has 0 saturated carbocycles. The predicted molar refractivity (Wildman–Crippen MR) is 107 cm³/mol. The maximum Gasteiger partial charge on any atom is 0.257 e. The molecule has 2 aromatic carbocycles. The summed E-state index contributed by atoms with van der Waals surface area (Å²) in [4.78, 5) is 16.5. The van der Waals surface area contributed by atoms with Gasteiger partial charge in [0.25, 0.3) is 5.91 Å². The molecule has 3 rings (SSSR count). The largest absolute Gasteiger partial charge is 0.484 e. The lowest BCUT2D eigenvalue weighted by atomic mass is 9.87. The third-order valence-corrected chi connectivity index (χ3v) is 5.19. The Balaban J connectivity index is 1.42. The SMILES string of the molecule is CC(C)(C)c1ccc(OCC(=O)NCCc2nc3ccccc3s2)cc1. The van der Waals surface area contributed by atoms with Crippen LogP contribution < -0.4 is 10.1 Å². The number of nitrogens with zero attached hydrogens (tertiary/aromatic N) is 1. The Hall–Kier alpha value is -2.40. The summed E-state index contributed by atoms with van der Waals surface area (Å²) in [5.41, 5.74) is 2.36. The number of benzene rings is 2. The van der Waals surface area contributed by atoms with Crippen molar-refractivity contribution >= 4 is 27.5 Å². The quantitative estimate of drug-likeness (QED) is 0.704. The highest BCUT2D eigenvalue weighted by Crippen LogP contribution is 2.24. The lowest BCUT2D eigenvalue weighted by Gasteiger charge is -2.19. The Bertz CT molecular complexity index is 846. The summed E-state index contributed by atoms with van der Waals surface area (Å²) in [6, 6.07) is 16.0. The lowest BCUT2D eigenvalue weighted by molar-refractivity contribution is -0.123. The van der Waals surface area contributed by atoms with Gasteiger partial charge in [-0.25, -0.2) is 4.98 Å². The summed E-state index contributed by atoms with van der Waals surface area (Å²) in [6.07, 6.45) is 0.728. The molecule has 0 unspecified atom stereocenters. The van der Waals surface area contributed by atoms with E-state index in [0.717, 1.165) is 16.9 Å². The van der Waals surface area contributed by atoms with Gasteiger partial charge < -0.3 is 10.1 Å². The molecule has 1 heterocycles. The van der Waals surface area contributed by atoms with Gasteiger partial charge >= 0.3 is 0 Å². The van der Waals surface area contributed by atoms with Crippen LogP contribution in [-0.4, -0.2) is 24.0 Å². The smallest absolute Gasteiger partial charge is 0.257 e. The highest BCUT2D eigenvalue weighted by molar-refractivity contribution is 7.18. The van der Waals surface area contributed by atoms with E-state index < -0.39 is 0 Å². The second-order valence-electron chi connectivity index (χ2n) is 7.24. The topological polar surface area (TPSA) is 51.2 Å². The molecule has 0 bridgehead atoms. The Morgan fingerprint density at radius 3 is 2.54 bits per heavy atom. The zero-order valence-electron chi connectivity index (χ0n) is 15.4. The van der Waals surface area contributed by atoms with E-state index in [9.17, 15) is 4.79 Å². The molecule has 0 saturated heterocycles. The highest BCUT2D eigenvalue weighted by atomic mass is 32.1. The van der Waals surface area contributed by atoms with Crippen LogP contribution in [0.4, 0.5) is 0 Å². The van der Waals surface area contributed by atoms with Crippen LogP contribution >= 0.6 is 11.3 Å². The van der Waals surface area contributed by atoms with E-state index in [2.05, 4.69) is 37.1 Å². The highest BCUT2D eigenvalue weighted by Gasteiger charge is 2.13. The second kappa shape index (κ2) is 7.87. The number of carbonyl (C=O) groups excluding carboxylic acids is 1. The summed E-state index contributed by atoms with van der Waals surface area (Å²) in [5, 5.41) is 3.92. The molecule has 0 aliphatic carbocycles. The van der Waals surface area contributed by atoms with Gasteiger partial charge in [-0.1, -0.05) is 45.0 Å². The third kappa shape index (κ3) is 4.82. The molecule has 0 aliphatic heterocycles. The van der Waals surface area contributed by atoms with Gasteiger partial charge in [-0.15, -0.1) is 11.3 Å². The molecule has 3 aromatic rings. The summed E-state index contributed by atoms with van der Waals surface area (Å²) >= 11 is 1.67. The first-order valence-corrected chi connectivity index (χ1v) is 9.58. The number of hydrogen-bond donors (Lipinski definition) is 1. The lowest BCUT2D eigenvalue weighted by Crippen LogP contribution is -2.30. The number of rotatable bonds is 6. The molecule has 1 N–H and O–H groups in total. The van der Waals surface area contributed by atoms with Crippen LogP contribution in [0.25, 0.3) is 10.2 Å². The molecular weight excluding hydrogens is 344 g/mol. The van der Waals surface area contributed by atoms with Crippen molar-refractivity contribution in [2.45, 2.75) is 32.6 Å². The fourth-order valence-electron chi connectivity index (χ4n) is 2.59. The van der Waals surface area contributed by atoms with Crippen LogP contribution in [0.15, 0.2) is 48.5 Å². The van der Waals surface area contributed by atoms with E-state index in [4.69, 9.17) is 4.74 Å². The number of ether oxygens (including phenoxy) is 1. The minimum absolute atomic E-state index is 0.0225. The van der Waals surface area contributed by atoms with Crippen molar-refractivity contribution in [2.75, 3.05) is 13.2 Å². The first kappa shape index (κ1) is 18.4. The predicted octanol–water partition coefficient (Wildman–Crippen LogP) is 4.33. The van der Waals surface area contributed by atoms with Gasteiger partial charge in [0.2, 0.25) is 0 Å². The summed E-state index contributed by atoms with van der Waals surface area (Å²) in [6.45, 7) is 7.09. The first-order valence-electron chi connectivity index (χ1n) is 8.76. The van der Waals surface area contributed by atoms with Gasteiger partial charge in [0.15, 0.2) is 6.61 Å². The standard InChI is InChI=1S/C21H24N2O2S/c1-21(2,3)15-8-10-16(11-9-15)25-14-19(24)22-13-12-20-23-17-6-4-5-7-18(17)26-20/h4-11H,12-14H2,1-3H3,(H,22,24). The van der Waals surface area contributed by atoms with E-state index >= 15 is 0 Å². The minimum Gasteiger partial charge on any atom is -0.484 e. The van der Waals surface area contributed by atoms with Crippen molar-refractivity contribution in [3.05, 3.63) is 59.1 Å². The maximum absolute atomic E-state index is 12.0. The number of thiazole rings is 1. The molecular formula is C21H24N2O2S. The van der Waals surface area contributed by atoms with Crippen LogP contribution in [0.3, 0.4) is 0 Å². The number of hydrogen-bond acceptors (Lipinski definition) is 4. The number of fused-ring (bicyclic) bond motifs is 1. The van der Waals surface area contributed by atoms with E-state index in [0.29, 0.717) is 12.3 Å². The monoisotopic (exact) mass is 368 g/mol. The minimum atomic E-state index is -0.119. The average molecular weight is 369 g/mol. The molecule has 0 atom stereocenters. The molecule has 136 valence electrons. The van der Waals surface area contributed by atoms with E-state index in [1.54, 1.807) is 11.3 Å². The Morgan fingerprint density at radius 1 is 1.12 bits per heavy atom. The van der Waals surface area contributed by atoms with Crippen molar-refractivity contribution in [3.63, 3.8) is 0 Å². The molecule has 26 heavy (non-hydrogen) atoms. The number of amides is 1. The van der Waals surface area contributed by atoms with Gasteiger partial charge in [0, 0.05) is 13.0 Å². The fraction of sp³-hybridized carbons (Fsp3) is 0.333. The number of aromatic nitrogens is 1. The van der Waals surface area contributed by atoms with E-state index in [1.807, 2.05) is 42.5 Å². The van der Waals surface area contributed by atoms with Gasteiger partial charge in [-0.2, -0.15) is 0 Å². The van der Waals surface area contributed by atoms with Crippen molar-refractivity contribution in [1.29, 1.82) is 0 Å². The normalized spacial score (nSPS) is 11.5. The Kier molecular flexibility index (Phi) is 5.57. The molecule has 0 aliphatic rings. The summed E-state index contributed by atoms with van der Waals surface area (Å²) < 4.78 is 6.74. The molecule has 4 nitrogen and oxygen atoms in total. The van der Waals surface area contributed by atoms with Crippen LogP contribution in [0.5, 0.6) is 5.75 Å². The molecule has 1 aromatic heterocycles. The van der Waals surface area contributed by atoms with Crippen LogP contribution in [-0.2, 0) is 16.6 Å². The van der Waals surface area contributed by atoms with Crippen LogP contribution in [0.2, 0.25) is 0 Å². The summed E-state index contributed by atoms with van der Waals surface area (Å²) in [5.74, 6) is 0.588. The number of para-hydroxylation sites is 1. The maximum atomic E-state index is 12.0. The first-order chi connectivity index (χ1) is 12.4. The van der Waals surface area contributed by atoms with Crippen molar-refractivity contribution in [2.24, 2.45) is 0 Å². The zero-order valence-corrected chi connectivity index (χ0v) is 16.2. The van der Waals surface area contributed by atoms with Gasteiger partial charge in [0.1, 0.15) is 5.75 Å². The van der Waals surface area contributed by atoms with Crippen LogP contribution in [0.1, 0.15) is 31.3 Å². The van der Waals surface area contributed by atoms with E-state index in [1.165, 1.54) is 10.3 Å². The van der Waals surface area contributed by atoms with Crippen LogP contribution in [0, 0.1) is 0 Å². The van der Waals surface area contributed by atoms with E-state index in [-0.39, 0.29) is 17.9 Å². The number of carbonyl (C=O) groups is 1. The Labute approximate surface area is 158 Å². The van der Waals surface area contributed by atoms with Crippen molar-refractivity contribution in [3.8, 4) is 5.75 Å². The fourth-order valence-corrected chi connectivity index (χ4v) is 3.55. The van der Waals surface area contributed by atoms with Gasteiger partial charge in [-0.05, 0) is 35.2 Å². The van der Waals surface area contributed by atoms with Crippen molar-refractivity contribution < 1.29 is 9.53 Å². The average Bonchev–Trinajstić information content (AvgIpc) is 3.02. The summed E-state index contributed by atoms with van der Waals surface area (Å²) in [7, 11) is 0. The Morgan fingerprint density at radius 2 is 1.85 bits per heavy atom. The zero-order chi connectivity index (χ0) is 18.6. The molecule has 5 heteroatoms. The third-order valence-electron chi connectivity index (χ3n) is 4.09. The molecule has 0 fully saturated rings. The molecule has 0 radical (unpaired) electrons.